The molecule has 0 atom stereocenters. The lowest BCUT2D eigenvalue weighted by Gasteiger charge is -2.32. The van der Waals surface area contributed by atoms with Gasteiger partial charge in [0.15, 0.2) is 5.78 Å². The summed E-state index contributed by atoms with van der Waals surface area (Å²) in [5.74, 6) is 0.203. The van der Waals surface area contributed by atoms with Crippen molar-refractivity contribution in [1.82, 2.24) is 20.1 Å². The quantitative estimate of drug-likeness (QED) is 0.355. The average molecular weight is 598 g/mol. The minimum absolute atomic E-state index is 0.0733. The van der Waals surface area contributed by atoms with Crippen LogP contribution in [0, 0.1) is 5.92 Å². The second-order valence-electron chi connectivity index (χ2n) is 11.5. The monoisotopic (exact) mass is 597 g/mol. The van der Waals surface area contributed by atoms with Crippen molar-refractivity contribution in [3.8, 4) is 5.75 Å². The molecule has 2 saturated heterocycles. The van der Waals surface area contributed by atoms with E-state index in [4.69, 9.17) is 4.74 Å². The van der Waals surface area contributed by atoms with E-state index < -0.39 is 0 Å². The SMILES string of the molecule is COc1ccc(C(=O)C2CCN(C(=O)c3ccc(C(=O)NC4CCN(Cc5ccc(NC(C)=O)cc5)CC4)cn3)CC2)cc1. The van der Waals surface area contributed by atoms with Crippen molar-refractivity contribution in [3.63, 3.8) is 0 Å². The molecule has 44 heavy (non-hydrogen) atoms. The molecule has 2 aliphatic rings. The normalized spacial score (nSPS) is 16.3. The van der Waals surface area contributed by atoms with E-state index in [9.17, 15) is 19.2 Å². The number of hydrogen-bond acceptors (Lipinski definition) is 7. The second kappa shape index (κ2) is 14.3. The van der Waals surface area contributed by atoms with Crippen LogP contribution in [0.15, 0.2) is 66.9 Å². The van der Waals surface area contributed by atoms with Gasteiger partial charge in [-0.3, -0.25) is 29.1 Å². The molecule has 10 heteroatoms. The van der Waals surface area contributed by atoms with Crippen LogP contribution in [0.5, 0.6) is 5.75 Å². The number of likely N-dealkylation sites (tertiary alicyclic amines) is 2. The predicted molar refractivity (Wildman–Crippen MR) is 167 cm³/mol. The summed E-state index contributed by atoms with van der Waals surface area (Å²) in [4.78, 5) is 58.5. The first-order valence-electron chi connectivity index (χ1n) is 15.1. The van der Waals surface area contributed by atoms with Crippen LogP contribution in [0.1, 0.15) is 69.4 Å². The molecule has 2 aliphatic heterocycles. The van der Waals surface area contributed by atoms with Crippen LogP contribution in [-0.4, -0.2) is 77.6 Å². The molecular formula is C34H39N5O5. The summed E-state index contributed by atoms with van der Waals surface area (Å²) in [6, 6.07) is 18.3. The van der Waals surface area contributed by atoms with E-state index in [1.807, 2.05) is 24.3 Å². The molecule has 2 aromatic carbocycles. The maximum atomic E-state index is 13.1. The number of nitrogens with zero attached hydrogens (tertiary/aromatic N) is 3. The first-order valence-corrected chi connectivity index (χ1v) is 15.1. The molecular weight excluding hydrogens is 558 g/mol. The molecule has 230 valence electrons. The topological polar surface area (TPSA) is 121 Å². The van der Waals surface area contributed by atoms with Crippen molar-refractivity contribution in [3.05, 3.63) is 89.2 Å². The van der Waals surface area contributed by atoms with Gasteiger partial charge in [-0.1, -0.05) is 12.1 Å². The number of carbonyl (C=O) groups excluding carboxylic acids is 4. The maximum Gasteiger partial charge on any atom is 0.272 e. The van der Waals surface area contributed by atoms with Gasteiger partial charge in [-0.2, -0.15) is 0 Å². The van der Waals surface area contributed by atoms with Crippen LogP contribution in [0.2, 0.25) is 0 Å². The largest absolute Gasteiger partial charge is 0.497 e. The summed E-state index contributed by atoms with van der Waals surface area (Å²) in [5.41, 5.74) is 3.33. The van der Waals surface area contributed by atoms with E-state index in [-0.39, 0.29) is 35.5 Å². The summed E-state index contributed by atoms with van der Waals surface area (Å²) < 4.78 is 5.17. The number of piperidine rings is 2. The van der Waals surface area contributed by atoms with Crippen LogP contribution in [0.25, 0.3) is 0 Å². The van der Waals surface area contributed by atoms with Gasteiger partial charge >= 0.3 is 0 Å². The smallest absolute Gasteiger partial charge is 0.272 e. The zero-order chi connectivity index (χ0) is 31.1. The number of benzene rings is 2. The molecule has 0 saturated carbocycles. The highest BCUT2D eigenvalue weighted by Gasteiger charge is 2.29. The van der Waals surface area contributed by atoms with Crippen LogP contribution < -0.4 is 15.4 Å². The molecule has 5 rings (SSSR count). The standard InChI is InChI=1S/C34H39N5O5/c1-23(40)36-28-8-3-24(4-9-28)22-38-17-15-29(16-18-38)37-33(42)27-7-12-31(35-21-27)34(43)39-19-13-26(14-20-39)32(41)25-5-10-30(44-2)11-6-25/h3-12,21,26,29H,13-20,22H2,1-2H3,(H,36,40)(H,37,42). The van der Waals surface area contributed by atoms with Crippen LogP contribution in [-0.2, 0) is 11.3 Å². The van der Waals surface area contributed by atoms with E-state index in [0.29, 0.717) is 48.5 Å². The van der Waals surface area contributed by atoms with E-state index in [1.165, 1.54) is 18.7 Å². The summed E-state index contributed by atoms with van der Waals surface area (Å²) >= 11 is 0. The van der Waals surface area contributed by atoms with Crippen LogP contribution in [0.3, 0.4) is 0 Å². The number of ketones is 1. The molecule has 0 spiro atoms. The molecule has 2 N–H and O–H groups in total. The van der Waals surface area contributed by atoms with Gasteiger partial charge in [-0.25, -0.2) is 0 Å². The molecule has 0 unspecified atom stereocenters. The van der Waals surface area contributed by atoms with Gasteiger partial charge in [0.25, 0.3) is 11.8 Å². The Morgan fingerprint density at radius 2 is 1.50 bits per heavy atom. The third-order valence-electron chi connectivity index (χ3n) is 8.38. The highest BCUT2D eigenvalue weighted by atomic mass is 16.5. The zero-order valence-electron chi connectivity index (χ0n) is 25.3. The molecule has 0 radical (unpaired) electrons. The van der Waals surface area contributed by atoms with Crippen molar-refractivity contribution >= 4 is 29.2 Å². The fraction of sp³-hybridized carbons (Fsp3) is 0.382. The van der Waals surface area contributed by atoms with Gasteiger partial charge in [0.05, 0.1) is 12.7 Å². The number of carbonyl (C=O) groups is 4. The third-order valence-corrected chi connectivity index (χ3v) is 8.38. The van der Waals surface area contributed by atoms with Gasteiger partial charge in [0, 0.05) is 69.1 Å². The predicted octanol–water partition coefficient (Wildman–Crippen LogP) is 4.18. The number of ether oxygens (including phenoxy) is 1. The lowest BCUT2D eigenvalue weighted by Crippen LogP contribution is -2.44. The number of aromatic nitrogens is 1. The summed E-state index contributed by atoms with van der Waals surface area (Å²) in [7, 11) is 1.59. The Labute approximate surface area is 257 Å². The Morgan fingerprint density at radius 3 is 2.09 bits per heavy atom. The molecule has 2 fully saturated rings. The number of anilines is 1. The van der Waals surface area contributed by atoms with Crippen molar-refractivity contribution in [2.45, 2.75) is 45.2 Å². The number of amides is 3. The van der Waals surface area contributed by atoms with Gasteiger partial charge in [0.2, 0.25) is 5.91 Å². The second-order valence-corrected chi connectivity index (χ2v) is 11.5. The Morgan fingerprint density at radius 1 is 0.841 bits per heavy atom. The van der Waals surface area contributed by atoms with Gasteiger partial charge < -0.3 is 20.3 Å². The number of hydrogen-bond donors (Lipinski definition) is 2. The molecule has 0 bridgehead atoms. The van der Waals surface area contributed by atoms with Gasteiger partial charge in [-0.05, 0) is 79.8 Å². The zero-order valence-corrected chi connectivity index (χ0v) is 25.3. The van der Waals surface area contributed by atoms with Crippen molar-refractivity contribution < 1.29 is 23.9 Å². The molecule has 3 aromatic rings. The lowest BCUT2D eigenvalue weighted by molar-refractivity contribution is -0.114. The molecule has 3 amide bonds. The number of rotatable bonds is 9. The van der Waals surface area contributed by atoms with E-state index in [2.05, 4.69) is 20.5 Å². The maximum absolute atomic E-state index is 13.1. The molecule has 10 nitrogen and oxygen atoms in total. The Hall–Kier alpha value is -4.57. The molecule has 0 aliphatic carbocycles. The summed E-state index contributed by atoms with van der Waals surface area (Å²) in [6.45, 7) is 5.01. The lowest BCUT2D eigenvalue weighted by atomic mass is 9.88. The van der Waals surface area contributed by atoms with Crippen LogP contribution >= 0.6 is 0 Å². The third kappa shape index (κ3) is 7.87. The minimum atomic E-state index is -0.193. The molecule has 1 aromatic heterocycles. The molecule has 3 heterocycles. The van der Waals surface area contributed by atoms with E-state index in [1.54, 1.807) is 48.4 Å². The van der Waals surface area contributed by atoms with Crippen molar-refractivity contribution in [1.29, 1.82) is 0 Å². The number of Topliss-reactive ketones (excluding diaryl/α,β-unsaturated/α-hetero) is 1. The Bertz CT molecular complexity index is 1460. The number of methoxy groups -OCH3 is 1. The summed E-state index contributed by atoms with van der Waals surface area (Å²) in [6.07, 6.45) is 4.34. The number of pyridine rings is 1. The first-order chi connectivity index (χ1) is 21.3. The van der Waals surface area contributed by atoms with Crippen molar-refractivity contribution in [2.75, 3.05) is 38.6 Å². The highest BCUT2D eigenvalue weighted by Crippen LogP contribution is 2.24. The highest BCUT2D eigenvalue weighted by molar-refractivity contribution is 5.99. The van der Waals surface area contributed by atoms with Crippen LogP contribution in [0.4, 0.5) is 5.69 Å². The van der Waals surface area contributed by atoms with E-state index >= 15 is 0 Å². The average Bonchev–Trinajstić information content (AvgIpc) is 3.06. The van der Waals surface area contributed by atoms with Gasteiger partial charge in [-0.15, -0.1) is 0 Å². The van der Waals surface area contributed by atoms with E-state index in [0.717, 1.165) is 38.2 Å². The fourth-order valence-electron chi connectivity index (χ4n) is 5.81. The minimum Gasteiger partial charge on any atom is -0.497 e. The van der Waals surface area contributed by atoms with Gasteiger partial charge in [0.1, 0.15) is 11.4 Å². The fourth-order valence-corrected chi connectivity index (χ4v) is 5.81. The Kier molecular flexibility index (Phi) is 10.0. The van der Waals surface area contributed by atoms with Crippen molar-refractivity contribution in [2.24, 2.45) is 5.92 Å². The Balaban J connectivity index is 1.05. The number of nitrogens with one attached hydrogen (secondary N) is 2. The first kappa shape index (κ1) is 30.9. The summed E-state index contributed by atoms with van der Waals surface area (Å²) in [5, 5.41) is 5.89.